The molecule has 3 rings (SSSR count). The average Bonchev–Trinajstić information content (AvgIpc) is 3.05. The minimum atomic E-state index is -3.51. The summed E-state index contributed by atoms with van der Waals surface area (Å²) in [5, 5.41) is 3.76. The quantitative estimate of drug-likeness (QED) is 0.801. The molecule has 0 saturated carbocycles. The summed E-state index contributed by atoms with van der Waals surface area (Å²) < 4.78 is 27.1. The molecule has 1 fully saturated rings. The van der Waals surface area contributed by atoms with Gasteiger partial charge in [-0.15, -0.1) is 11.3 Å². The van der Waals surface area contributed by atoms with Gasteiger partial charge in [-0.25, -0.2) is 13.4 Å². The van der Waals surface area contributed by atoms with Gasteiger partial charge in [0.15, 0.2) is 0 Å². The third-order valence-electron chi connectivity index (χ3n) is 4.73. The molecule has 1 aromatic carbocycles. The highest BCUT2D eigenvalue weighted by Gasteiger charge is 2.27. The maximum absolute atomic E-state index is 12.8. The molecule has 1 aliphatic rings. The molecular formula is C19H26N4O3S2. The van der Waals surface area contributed by atoms with Gasteiger partial charge in [-0.2, -0.15) is 4.31 Å². The number of rotatable bonds is 5. The van der Waals surface area contributed by atoms with E-state index < -0.39 is 10.0 Å². The number of hydrogen-bond donors (Lipinski definition) is 1. The van der Waals surface area contributed by atoms with Crippen LogP contribution in [0.2, 0.25) is 0 Å². The molecule has 7 nitrogen and oxygen atoms in total. The van der Waals surface area contributed by atoms with Crippen LogP contribution in [0.15, 0.2) is 29.2 Å². The number of aryl methyl sites for hydroxylation is 1. The van der Waals surface area contributed by atoms with Crippen LogP contribution < -0.4 is 5.32 Å². The van der Waals surface area contributed by atoms with Crippen molar-refractivity contribution in [1.29, 1.82) is 0 Å². The smallest absolute Gasteiger partial charge is 0.267 e. The number of benzene rings is 1. The summed E-state index contributed by atoms with van der Waals surface area (Å²) in [6.45, 7) is 8.32. The van der Waals surface area contributed by atoms with Crippen LogP contribution in [0.5, 0.6) is 0 Å². The van der Waals surface area contributed by atoms with Gasteiger partial charge in [0.1, 0.15) is 4.88 Å². The lowest BCUT2D eigenvalue weighted by Gasteiger charge is -2.31. The molecule has 1 saturated heterocycles. The molecule has 28 heavy (non-hydrogen) atoms. The number of carbonyl (C=O) groups excluding carboxylic acids is 1. The summed E-state index contributed by atoms with van der Waals surface area (Å²) in [5.41, 5.74) is 1.27. The highest BCUT2D eigenvalue weighted by atomic mass is 32.2. The molecular weight excluding hydrogens is 396 g/mol. The van der Waals surface area contributed by atoms with Crippen molar-refractivity contribution in [2.45, 2.75) is 31.6 Å². The molecule has 0 radical (unpaired) electrons. The van der Waals surface area contributed by atoms with E-state index in [1.54, 1.807) is 24.3 Å². The second-order valence-electron chi connectivity index (χ2n) is 7.31. The lowest BCUT2D eigenvalue weighted by Crippen LogP contribution is -2.46. The van der Waals surface area contributed by atoms with Crippen molar-refractivity contribution in [2.24, 2.45) is 0 Å². The van der Waals surface area contributed by atoms with Crippen LogP contribution in [-0.2, 0) is 10.0 Å². The van der Waals surface area contributed by atoms with Gasteiger partial charge in [-0.3, -0.25) is 4.79 Å². The SMILES string of the molecule is Cc1nc(C(C)C)sc1C(=O)Nc1ccc(S(=O)(=O)N2CCN(C)CC2)cc1. The number of hydrogen-bond acceptors (Lipinski definition) is 6. The second-order valence-corrected chi connectivity index (χ2v) is 10.3. The van der Waals surface area contributed by atoms with E-state index >= 15 is 0 Å². The zero-order chi connectivity index (χ0) is 20.5. The molecule has 0 bridgehead atoms. The van der Waals surface area contributed by atoms with Gasteiger partial charge in [-0.1, -0.05) is 13.8 Å². The fraction of sp³-hybridized carbons (Fsp3) is 0.474. The molecule has 2 heterocycles. The third-order valence-corrected chi connectivity index (χ3v) is 8.10. The molecule has 0 atom stereocenters. The van der Waals surface area contributed by atoms with Crippen LogP contribution in [0.1, 0.15) is 40.1 Å². The maximum Gasteiger partial charge on any atom is 0.267 e. The fourth-order valence-corrected chi connectivity index (χ4v) is 5.34. The number of amides is 1. The Kier molecular flexibility index (Phi) is 6.18. The van der Waals surface area contributed by atoms with Crippen LogP contribution in [0, 0.1) is 6.92 Å². The van der Waals surface area contributed by atoms with Crippen molar-refractivity contribution in [2.75, 3.05) is 38.5 Å². The van der Waals surface area contributed by atoms with E-state index in [1.165, 1.54) is 15.6 Å². The molecule has 2 aromatic rings. The minimum absolute atomic E-state index is 0.225. The molecule has 152 valence electrons. The summed E-state index contributed by atoms with van der Waals surface area (Å²) in [6.07, 6.45) is 0. The Hall–Kier alpha value is -1.81. The van der Waals surface area contributed by atoms with E-state index in [2.05, 4.69) is 15.2 Å². The van der Waals surface area contributed by atoms with Gasteiger partial charge in [0.05, 0.1) is 15.6 Å². The van der Waals surface area contributed by atoms with Gasteiger partial charge in [-0.05, 0) is 38.2 Å². The zero-order valence-corrected chi connectivity index (χ0v) is 18.2. The topological polar surface area (TPSA) is 82.6 Å². The molecule has 1 N–H and O–H groups in total. The lowest BCUT2D eigenvalue weighted by molar-refractivity contribution is 0.103. The van der Waals surface area contributed by atoms with Crippen LogP contribution >= 0.6 is 11.3 Å². The lowest BCUT2D eigenvalue weighted by atomic mass is 10.2. The summed E-state index contributed by atoms with van der Waals surface area (Å²) >= 11 is 1.39. The van der Waals surface area contributed by atoms with Crippen molar-refractivity contribution in [3.63, 3.8) is 0 Å². The maximum atomic E-state index is 12.8. The average molecular weight is 423 g/mol. The Morgan fingerprint density at radius 2 is 1.75 bits per heavy atom. The van der Waals surface area contributed by atoms with Gasteiger partial charge in [0, 0.05) is 37.8 Å². The Morgan fingerprint density at radius 1 is 1.14 bits per heavy atom. The van der Waals surface area contributed by atoms with Gasteiger partial charge in [0.2, 0.25) is 10.0 Å². The second kappa shape index (κ2) is 8.28. The van der Waals surface area contributed by atoms with Crippen molar-refractivity contribution < 1.29 is 13.2 Å². The molecule has 9 heteroatoms. The molecule has 1 amide bonds. The number of nitrogens with one attached hydrogen (secondary N) is 1. The normalized spacial score (nSPS) is 16.5. The first-order valence-electron chi connectivity index (χ1n) is 9.26. The summed E-state index contributed by atoms with van der Waals surface area (Å²) in [7, 11) is -1.53. The van der Waals surface area contributed by atoms with Crippen LogP contribution in [0.25, 0.3) is 0 Å². The predicted octanol–water partition coefficient (Wildman–Crippen LogP) is 2.76. The number of anilines is 1. The number of thiazole rings is 1. The molecule has 0 aliphatic carbocycles. The highest BCUT2D eigenvalue weighted by Crippen LogP contribution is 2.26. The van der Waals surface area contributed by atoms with Gasteiger partial charge >= 0.3 is 0 Å². The number of sulfonamides is 1. The van der Waals surface area contributed by atoms with Gasteiger partial charge < -0.3 is 10.2 Å². The zero-order valence-electron chi connectivity index (χ0n) is 16.6. The van der Waals surface area contributed by atoms with Crippen molar-refractivity contribution in [3.05, 3.63) is 39.8 Å². The Morgan fingerprint density at radius 3 is 2.29 bits per heavy atom. The number of piperazine rings is 1. The Labute approximate surface area is 170 Å². The molecule has 0 spiro atoms. The predicted molar refractivity (Wildman–Crippen MR) is 112 cm³/mol. The minimum Gasteiger partial charge on any atom is -0.321 e. The van der Waals surface area contributed by atoms with E-state index in [0.29, 0.717) is 29.3 Å². The number of aromatic nitrogens is 1. The fourth-order valence-electron chi connectivity index (χ4n) is 2.95. The number of likely N-dealkylation sites (N-methyl/N-ethyl adjacent to an activating group) is 1. The molecule has 1 aliphatic heterocycles. The number of nitrogens with zero attached hydrogens (tertiary/aromatic N) is 3. The summed E-state index contributed by atoms with van der Waals surface area (Å²) in [4.78, 5) is 19.9. The molecule has 1 aromatic heterocycles. The first-order valence-corrected chi connectivity index (χ1v) is 11.5. The van der Waals surface area contributed by atoms with Crippen molar-refractivity contribution >= 4 is 33.0 Å². The monoisotopic (exact) mass is 422 g/mol. The Balaban J connectivity index is 1.71. The standard InChI is InChI=1S/C19H26N4O3S2/c1-13(2)19-20-14(3)17(27-19)18(24)21-15-5-7-16(8-6-15)28(25,26)23-11-9-22(4)10-12-23/h5-8,13H,9-12H2,1-4H3,(H,21,24). The first kappa shape index (κ1) is 20.9. The summed E-state index contributed by atoms with van der Waals surface area (Å²) in [5.74, 6) is 0.0425. The summed E-state index contributed by atoms with van der Waals surface area (Å²) in [6, 6.07) is 6.34. The third kappa shape index (κ3) is 4.43. The Bertz CT molecular complexity index is 944. The highest BCUT2D eigenvalue weighted by molar-refractivity contribution is 7.89. The van der Waals surface area contributed by atoms with E-state index in [-0.39, 0.29) is 16.7 Å². The van der Waals surface area contributed by atoms with Crippen LogP contribution in [0.4, 0.5) is 5.69 Å². The number of carbonyl (C=O) groups is 1. The van der Waals surface area contributed by atoms with E-state index in [4.69, 9.17) is 0 Å². The van der Waals surface area contributed by atoms with E-state index in [1.807, 2.05) is 27.8 Å². The first-order chi connectivity index (χ1) is 13.2. The van der Waals surface area contributed by atoms with Crippen LogP contribution in [0.3, 0.4) is 0 Å². The van der Waals surface area contributed by atoms with Crippen LogP contribution in [-0.4, -0.2) is 61.7 Å². The van der Waals surface area contributed by atoms with E-state index in [9.17, 15) is 13.2 Å². The van der Waals surface area contributed by atoms with Crippen molar-refractivity contribution in [1.82, 2.24) is 14.2 Å². The van der Waals surface area contributed by atoms with E-state index in [0.717, 1.165) is 18.1 Å². The largest absolute Gasteiger partial charge is 0.321 e. The molecule has 0 unspecified atom stereocenters. The van der Waals surface area contributed by atoms with Crippen molar-refractivity contribution in [3.8, 4) is 0 Å². The van der Waals surface area contributed by atoms with Gasteiger partial charge in [0.25, 0.3) is 5.91 Å².